The van der Waals surface area contributed by atoms with Gasteiger partial charge in [0, 0.05) is 19.6 Å². The van der Waals surface area contributed by atoms with Crippen LogP contribution in [0.4, 0.5) is 8.78 Å². The number of aliphatic hydroxyl groups is 1. The van der Waals surface area contributed by atoms with Gasteiger partial charge in [-0.05, 0) is 50.0 Å². The maximum absolute atomic E-state index is 12.2. The molecule has 7 heteroatoms. The van der Waals surface area contributed by atoms with Crippen LogP contribution >= 0.6 is 11.6 Å². The van der Waals surface area contributed by atoms with Crippen LogP contribution in [0.1, 0.15) is 24.8 Å². The van der Waals surface area contributed by atoms with Crippen LogP contribution in [0.15, 0.2) is 18.2 Å². The van der Waals surface area contributed by atoms with E-state index >= 15 is 0 Å². The minimum Gasteiger partial charge on any atom is -0.433 e. The molecule has 1 aromatic rings. The molecule has 0 bridgehead atoms. The molecule has 1 saturated heterocycles. The predicted octanol–water partition coefficient (Wildman–Crippen LogP) is 2.88. The Labute approximate surface area is 140 Å². The third-order valence-corrected chi connectivity index (χ3v) is 4.22. The zero-order chi connectivity index (χ0) is 16.7. The fourth-order valence-electron chi connectivity index (χ4n) is 2.65. The lowest BCUT2D eigenvalue weighted by atomic mass is 10.1. The number of likely N-dealkylation sites (tertiary alicyclic amines) is 1. The van der Waals surface area contributed by atoms with Crippen LogP contribution in [0.25, 0.3) is 0 Å². The molecule has 0 radical (unpaired) electrons. The van der Waals surface area contributed by atoms with Crippen molar-refractivity contribution >= 4 is 11.6 Å². The van der Waals surface area contributed by atoms with Crippen LogP contribution in [0.2, 0.25) is 5.02 Å². The van der Waals surface area contributed by atoms with Crippen molar-refractivity contribution in [3.05, 3.63) is 28.8 Å². The van der Waals surface area contributed by atoms with Crippen molar-refractivity contribution in [3.63, 3.8) is 0 Å². The number of nitrogens with zero attached hydrogens (tertiary/aromatic N) is 1. The average Bonchev–Trinajstić information content (AvgIpc) is 2.51. The van der Waals surface area contributed by atoms with Crippen LogP contribution in [0, 0.1) is 0 Å². The quantitative estimate of drug-likeness (QED) is 0.709. The summed E-state index contributed by atoms with van der Waals surface area (Å²) in [5.74, 6) is -0.00213. The van der Waals surface area contributed by atoms with Gasteiger partial charge in [-0.15, -0.1) is 0 Å². The molecule has 23 heavy (non-hydrogen) atoms. The molecule has 1 aromatic carbocycles. The van der Waals surface area contributed by atoms with Gasteiger partial charge in [0.1, 0.15) is 5.75 Å². The van der Waals surface area contributed by atoms with E-state index in [1.54, 1.807) is 12.1 Å². The molecule has 0 saturated carbocycles. The molecule has 0 unspecified atom stereocenters. The number of benzene rings is 1. The maximum atomic E-state index is 12.2. The minimum absolute atomic E-state index is 0.00213. The molecule has 2 rings (SSSR count). The van der Waals surface area contributed by atoms with Gasteiger partial charge in [0.05, 0.1) is 11.1 Å². The van der Waals surface area contributed by atoms with Gasteiger partial charge in [-0.3, -0.25) is 0 Å². The second kappa shape index (κ2) is 9.37. The summed E-state index contributed by atoms with van der Waals surface area (Å²) < 4.78 is 28.6. The van der Waals surface area contributed by atoms with Crippen LogP contribution in [-0.4, -0.2) is 48.9 Å². The number of aliphatic hydroxyl groups excluding tert-OH is 1. The van der Waals surface area contributed by atoms with E-state index in [9.17, 15) is 13.9 Å². The number of piperidine rings is 1. The summed E-state index contributed by atoms with van der Waals surface area (Å²) in [7, 11) is 0. The van der Waals surface area contributed by atoms with E-state index in [4.69, 9.17) is 11.6 Å². The van der Waals surface area contributed by atoms with Gasteiger partial charge < -0.3 is 20.1 Å². The number of hydrogen-bond donors (Lipinski definition) is 2. The smallest absolute Gasteiger partial charge is 0.387 e. The Morgan fingerprint density at radius 2 is 2.09 bits per heavy atom. The number of rotatable bonds is 8. The SMILES string of the molecule is OC1CCN(CCCNCc2ccc(OC(F)F)c(Cl)c2)CC1. The normalized spacial score (nSPS) is 16.9. The number of nitrogens with one attached hydrogen (secondary N) is 1. The topological polar surface area (TPSA) is 44.7 Å². The molecule has 0 aromatic heterocycles. The Bertz CT molecular complexity index is 483. The minimum atomic E-state index is -2.87. The molecule has 0 atom stereocenters. The largest absolute Gasteiger partial charge is 0.433 e. The van der Waals surface area contributed by atoms with Gasteiger partial charge in [-0.25, -0.2) is 0 Å². The number of ether oxygens (including phenoxy) is 1. The molecule has 4 nitrogen and oxygen atoms in total. The molecule has 130 valence electrons. The predicted molar refractivity (Wildman–Crippen MR) is 86.1 cm³/mol. The van der Waals surface area contributed by atoms with Crippen LogP contribution in [-0.2, 0) is 6.54 Å². The highest BCUT2D eigenvalue weighted by Gasteiger charge is 2.15. The van der Waals surface area contributed by atoms with E-state index in [0.29, 0.717) is 6.54 Å². The Morgan fingerprint density at radius 3 is 2.74 bits per heavy atom. The summed E-state index contributed by atoms with van der Waals surface area (Å²) in [5, 5.41) is 13.0. The monoisotopic (exact) mass is 348 g/mol. The lowest BCUT2D eigenvalue weighted by Crippen LogP contribution is -2.37. The summed E-state index contributed by atoms with van der Waals surface area (Å²) >= 11 is 5.91. The Hall–Kier alpha value is -0.950. The molecular weight excluding hydrogens is 326 g/mol. The Balaban J connectivity index is 1.63. The zero-order valence-corrected chi connectivity index (χ0v) is 13.7. The Kier molecular flexibility index (Phi) is 7.49. The van der Waals surface area contributed by atoms with Crippen LogP contribution in [0.3, 0.4) is 0 Å². The van der Waals surface area contributed by atoms with E-state index < -0.39 is 6.61 Å². The van der Waals surface area contributed by atoms with Crippen molar-refractivity contribution < 1.29 is 18.6 Å². The molecular formula is C16H23ClF2N2O2. The van der Waals surface area contributed by atoms with Crippen molar-refractivity contribution in [2.45, 2.75) is 38.5 Å². The fourth-order valence-corrected chi connectivity index (χ4v) is 2.90. The van der Waals surface area contributed by atoms with E-state index in [1.807, 2.05) is 0 Å². The third-order valence-electron chi connectivity index (χ3n) is 3.93. The number of alkyl halides is 2. The third kappa shape index (κ3) is 6.59. The summed E-state index contributed by atoms with van der Waals surface area (Å²) in [6.07, 6.45) is 2.61. The lowest BCUT2D eigenvalue weighted by molar-refractivity contribution is -0.0497. The first-order valence-electron chi connectivity index (χ1n) is 7.89. The molecule has 0 amide bonds. The second-order valence-corrected chi connectivity index (χ2v) is 6.15. The summed E-state index contributed by atoms with van der Waals surface area (Å²) in [5.41, 5.74) is 0.928. The van der Waals surface area contributed by atoms with Gasteiger partial charge >= 0.3 is 6.61 Å². The first kappa shape index (κ1) is 18.4. The van der Waals surface area contributed by atoms with E-state index in [-0.39, 0.29) is 16.9 Å². The maximum Gasteiger partial charge on any atom is 0.387 e. The van der Waals surface area contributed by atoms with E-state index in [0.717, 1.165) is 51.0 Å². The standard InChI is InChI=1S/C16H23ClF2N2O2/c17-14-10-12(2-3-15(14)23-16(18)19)11-20-6-1-7-21-8-4-13(22)5-9-21/h2-3,10,13,16,20,22H,1,4-9,11H2. The lowest BCUT2D eigenvalue weighted by Gasteiger charge is -2.29. The van der Waals surface area contributed by atoms with E-state index in [2.05, 4.69) is 15.0 Å². The van der Waals surface area contributed by atoms with Crippen molar-refractivity contribution in [3.8, 4) is 5.75 Å². The van der Waals surface area contributed by atoms with Gasteiger partial charge in [0.2, 0.25) is 0 Å². The van der Waals surface area contributed by atoms with Gasteiger partial charge in [0.25, 0.3) is 0 Å². The number of hydrogen-bond acceptors (Lipinski definition) is 4. The van der Waals surface area contributed by atoms with Crippen molar-refractivity contribution in [2.24, 2.45) is 0 Å². The van der Waals surface area contributed by atoms with Gasteiger partial charge in [-0.2, -0.15) is 8.78 Å². The molecule has 1 aliphatic heterocycles. The fraction of sp³-hybridized carbons (Fsp3) is 0.625. The highest BCUT2D eigenvalue weighted by Crippen LogP contribution is 2.26. The molecule has 1 heterocycles. The summed E-state index contributed by atoms with van der Waals surface area (Å²) in [6.45, 7) is 1.57. The second-order valence-electron chi connectivity index (χ2n) is 5.75. The summed E-state index contributed by atoms with van der Waals surface area (Å²) in [4.78, 5) is 2.36. The number of halogens is 3. The highest BCUT2D eigenvalue weighted by molar-refractivity contribution is 6.32. The highest BCUT2D eigenvalue weighted by atomic mass is 35.5. The summed E-state index contributed by atoms with van der Waals surface area (Å²) in [6, 6.07) is 4.82. The van der Waals surface area contributed by atoms with Crippen molar-refractivity contribution in [1.82, 2.24) is 10.2 Å². The Morgan fingerprint density at radius 1 is 1.35 bits per heavy atom. The zero-order valence-electron chi connectivity index (χ0n) is 13.0. The van der Waals surface area contributed by atoms with Crippen LogP contribution < -0.4 is 10.1 Å². The molecule has 0 spiro atoms. The molecule has 2 N–H and O–H groups in total. The van der Waals surface area contributed by atoms with Gasteiger partial charge in [0.15, 0.2) is 0 Å². The average molecular weight is 349 g/mol. The van der Waals surface area contributed by atoms with Crippen molar-refractivity contribution in [2.75, 3.05) is 26.2 Å². The first-order chi connectivity index (χ1) is 11.0. The molecule has 0 aliphatic carbocycles. The van der Waals surface area contributed by atoms with Crippen molar-refractivity contribution in [1.29, 1.82) is 0 Å². The van der Waals surface area contributed by atoms with Crippen LogP contribution in [0.5, 0.6) is 5.75 Å². The van der Waals surface area contributed by atoms with E-state index in [1.165, 1.54) is 6.07 Å². The molecule has 1 fully saturated rings. The first-order valence-corrected chi connectivity index (χ1v) is 8.27. The molecule has 1 aliphatic rings. The van der Waals surface area contributed by atoms with Gasteiger partial charge in [-0.1, -0.05) is 17.7 Å².